The molecule has 0 saturated carbocycles. The second-order valence-corrected chi connectivity index (χ2v) is 5.12. The van der Waals surface area contributed by atoms with Gasteiger partial charge in [0, 0.05) is 6.54 Å². The first-order chi connectivity index (χ1) is 11.2. The van der Waals surface area contributed by atoms with E-state index in [-0.39, 0.29) is 5.91 Å². The zero-order valence-electron chi connectivity index (χ0n) is 13.6. The first kappa shape index (κ1) is 16.9. The number of carbonyl (C=O) groups is 1. The van der Waals surface area contributed by atoms with E-state index in [0.717, 1.165) is 11.3 Å². The van der Waals surface area contributed by atoms with Gasteiger partial charge in [0.05, 0.1) is 6.61 Å². The van der Waals surface area contributed by atoms with Crippen molar-refractivity contribution in [3.05, 3.63) is 60.2 Å². The fraction of sp³-hybridized carbons (Fsp3) is 0.316. The van der Waals surface area contributed by atoms with E-state index in [1.165, 1.54) is 0 Å². The third-order valence-corrected chi connectivity index (χ3v) is 3.39. The van der Waals surface area contributed by atoms with Crippen LogP contribution in [0.1, 0.15) is 25.8 Å². The van der Waals surface area contributed by atoms with Crippen LogP contribution in [-0.4, -0.2) is 18.6 Å². The second kappa shape index (κ2) is 8.83. The highest BCUT2D eigenvalue weighted by atomic mass is 16.5. The lowest BCUT2D eigenvalue weighted by Crippen LogP contribution is -2.37. The Kier molecular flexibility index (Phi) is 6.48. The molecule has 0 heterocycles. The Morgan fingerprint density at radius 2 is 1.70 bits per heavy atom. The number of para-hydroxylation sites is 1. The van der Waals surface area contributed by atoms with Gasteiger partial charge in [-0.25, -0.2) is 0 Å². The molecule has 2 aromatic rings. The maximum absolute atomic E-state index is 12.3. The summed E-state index contributed by atoms with van der Waals surface area (Å²) in [6.07, 6.45) is 0.129. The summed E-state index contributed by atoms with van der Waals surface area (Å²) in [6.45, 7) is 5.00. The molecule has 0 aliphatic rings. The van der Waals surface area contributed by atoms with E-state index < -0.39 is 6.10 Å². The molecule has 0 aliphatic heterocycles. The molecule has 0 bridgehead atoms. The van der Waals surface area contributed by atoms with E-state index in [1.807, 2.05) is 68.4 Å². The first-order valence-corrected chi connectivity index (χ1v) is 7.94. The molecule has 0 unspecified atom stereocenters. The van der Waals surface area contributed by atoms with E-state index in [1.54, 1.807) is 0 Å². The predicted octanol–water partition coefficient (Wildman–Crippen LogP) is 3.56. The predicted molar refractivity (Wildman–Crippen MR) is 90.6 cm³/mol. The monoisotopic (exact) mass is 313 g/mol. The lowest BCUT2D eigenvalue weighted by atomic mass is 10.2. The molecular weight excluding hydrogens is 290 g/mol. The zero-order chi connectivity index (χ0) is 16.5. The molecule has 0 aliphatic carbocycles. The van der Waals surface area contributed by atoms with Crippen molar-refractivity contribution < 1.29 is 14.3 Å². The fourth-order valence-corrected chi connectivity index (χ4v) is 2.16. The molecule has 1 N–H and O–H groups in total. The molecule has 0 aromatic heterocycles. The Morgan fingerprint density at radius 3 is 2.30 bits per heavy atom. The number of carbonyl (C=O) groups excluding carboxylic acids is 1. The molecule has 1 atom stereocenters. The highest BCUT2D eigenvalue weighted by Crippen LogP contribution is 2.14. The largest absolute Gasteiger partial charge is 0.494 e. The Hall–Kier alpha value is -2.49. The van der Waals surface area contributed by atoms with Crippen LogP contribution in [0.5, 0.6) is 11.5 Å². The van der Waals surface area contributed by atoms with Crippen molar-refractivity contribution in [1.82, 2.24) is 5.32 Å². The molecular formula is C19H23NO3. The molecule has 23 heavy (non-hydrogen) atoms. The van der Waals surface area contributed by atoms with Crippen LogP contribution in [0.4, 0.5) is 0 Å². The summed E-state index contributed by atoms with van der Waals surface area (Å²) in [6, 6.07) is 17.1. The molecule has 4 nitrogen and oxygen atoms in total. The minimum absolute atomic E-state index is 0.106. The van der Waals surface area contributed by atoms with Crippen LogP contribution in [0, 0.1) is 0 Å². The van der Waals surface area contributed by atoms with Crippen molar-refractivity contribution >= 4 is 5.91 Å². The van der Waals surface area contributed by atoms with Gasteiger partial charge in [0.25, 0.3) is 5.91 Å². The van der Waals surface area contributed by atoms with Gasteiger partial charge in [-0.1, -0.05) is 37.3 Å². The van der Waals surface area contributed by atoms with E-state index in [4.69, 9.17) is 9.47 Å². The summed E-state index contributed by atoms with van der Waals surface area (Å²) in [7, 11) is 0. The molecule has 4 heteroatoms. The number of hydrogen-bond donors (Lipinski definition) is 1. The van der Waals surface area contributed by atoms with Gasteiger partial charge in [0.2, 0.25) is 0 Å². The van der Waals surface area contributed by atoms with Crippen molar-refractivity contribution in [1.29, 1.82) is 0 Å². The van der Waals surface area contributed by atoms with Crippen molar-refractivity contribution in [3.63, 3.8) is 0 Å². The molecule has 0 saturated heterocycles. The van der Waals surface area contributed by atoms with Crippen molar-refractivity contribution in [3.8, 4) is 11.5 Å². The van der Waals surface area contributed by atoms with Gasteiger partial charge in [-0.2, -0.15) is 0 Å². The van der Waals surface area contributed by atoms with Crippen LogP contribution in [0.25, 0.3) is 0 Å². The SMILES string of the molecule is CCOc1ccc(CNC(=O)[C@H](CC)Oc2ccccc2)cc1. The van der Waals surface area contributed by atoms with Crippen LogP contribution in [0.3, 0.4) is 0 Å². The van der Waals surface area contributed by atoms with Gasteiger partial charge in [-0.05, 0) is 43.2 Å². The Labute approximate surface area is 137 Å². The maximum atomic E-state index is 12.3. The summed E-state index contributed by atoms with van der Waals surface area (Å²) >= 11 is 0. The van der Waals surface area contributed by atoms with Crippen molar-refractivity contribution in [2.45, 2.75) is 32.9 Å². The molecule has 0 spiro atoms. The van der Waals surface area contributed by atoms with Crippen LogP contribution in [0.15, 0.2) is 54.6 Å². The molecule has 0 radical (unpaired) electrons. The van der Waals surface area contributed by atoms with Gasteiger partial charge in [0.1, 0.15) is 11.5 Å². The second-order valence-electron chi connectivity index (χ2n) is 5.12. The first-order valence-electron chi connectivity index (χ1n) is 7.94. The number of benzene rings is 2. The highest BCUT2D eigenvalue weighted by Gasteiger charge is 2.17. The maximum Gasteiger partial charge on any atom is 0.261 e. The van der Waals surface area contributed by atoms with Crippen LogP contribution < -0.4 is 14.8 Å². The van der Waals surface area contributed by atoms with Crippen LogP contribution >= 0.6 is 0 Å². The third-order valence-electron chi connectivity index (χ3n) is 3.39. The normalized spacial score (nSPS) is 11.6. The number of nitrogens with one attached hydrogen (secondary N) is 1. The van der Waals surface area contributed by atoms with Gasteiger partial charge in [-0.15, -0.1) is 0 Å². The zero-order valence-corrected chi connectivity index (χ0v) is 13.6. The van der Waals surface area contributed by atoms with Crippen LogP contribution in [-0.2, 0) is 11.3 Å². The fourth-order valence-electron chi connectivity index (χ4n) is 2.16. The molecule has 1 amide bonds. The van der Waals surface area contributed by atoms with E-state index in [9.17, 15) is 4.79 Å². The topological polar surface area (TPSA) is 47.6 Å². The lowest BCUT2D eigenvalue weighted by molar-refractivity contribution is -0.128. The van der Waals surface area contributed by atoms with Gasteiger partial charge in [0.15, 0.2) is 6.10 Å². The Balaban J connectivity index is 1.87. The molecule has 2 rings (SSSR count). The van der Waals surface area contributed by atoms with Gasteiger partial charge in [-0.3, -0.25) is 4.79 Å². The summed E-state index contributed by atoms with van der Waals surface area (Å²) < 4.78 is 11.1. The minimum atomic E-state index is -0.486. The van der Waals surface area contributed by atoms with Gasteiger partial charge < -0.3 is 14.8 Å². The summed E-state index contributed by atoms with van der Waals surface area (Å²) in [5, 5.41) is 2.92. The van der Waals surface area contributed by atoms with E-state index in [2.05, 4.69) is 5.32 Å². The van der Waals surface area contributed by atoms with Crippen molar-refractivity contribution in [2.24, 2.45) is 0 Å². The molecule has 2 aromatic carbocycles. The lowest BCUT2D eigenvalue weighted by Gasteiger charge is -2.17. The average Bonchev–Trinajstić information content (AvgIpc) is 2.60. The highest BCUT2D eigenvalue weighted by molar-refractivity contribution is 5.81. The third kappa shape index (κ3) is 5.33. The van der Waals surface area contributed by atoms with E-state index in [0.29, 0.717) is 25.3 Å². The molecule has 0 fully saturated rings. The quantitative estimate of drug-likeness (QED) is 0.810. The van der Waals surface area contributed by atoms with Crippen LogP contribution in [0.2, 0.25) is 0 Å². The standard InChI is InChI=1S/C19H23NO3/c1-3-18(23-17-8-6-5-7-9-17)19(21)20-14-15-10-12-16(13-11-15)22-4-2/h5-13,18H,3-4,14H2,1-2H3,(H,20,21)/t18-/m0/s1. The molecule has 122 valence electrons. The average molecular weight is 313 g/mol. The van der Waals surface area contributed by atoms with E-state index >= 15 is 0 Å². The summed E-state index contributed by atoms with van der Waals surface area (Å²) in [5.41, 5.74) is 1.02. The Morgan fingerprint density at radius 1 is 1.00 bits per heavy atom. The van der Waals surface area contributed by atoms with Gasteiger partial charge >= 0.3 is 0 Å². The summed E-state index contributed by atoms with van der Waals surface area (Å²) in [5.74, 6) is 1.43. The number of rotatable bonds is 8. The number of hydrogen-bond acceptors (Lipinski definition) is 3. The Bertz CT molecular complexity index is 596. The summed E-state index contributed by atoms with van der Waals surface area (Å²) in [4.78, 5) is 12.3. The smallest absolute Gasteiger partial charge is 0.261 e. The number of ether oxygens (including phenoxy) is 2. The number of amides is 1. The minimum Gasteiger partial charge on any atom is -0.494 e. The van der Waals surface area contributed by atoms with Crippen molar-refractivity contribution in [2.75, 3.05) is 6.61 Å².